The highest BCUT2D eigenvalue weighted by Crippen LogP contribution is 2.20. The molecule has 0 spiro atoms. The van der Waals surface area contributed by atoms with Crippen molar-refractivity contribution in [3.8, 4) is 0 Å². The van der Waals surface area contributed by atoms with Crippen molar-refractivity contribution in [3.63, 3.8) is 0 Å². The van der Waals surface area contributed by atoms with Crippen molar-refractivity contribution in [1.29, 1.82) is 0 Å². The van der Waals surface area contributed by atoms with E-state index >= 15 is 0 Å². The molecule has 0 aliphatic carbocycles. The number of hydrogen-bond donors (Lipinski definition) is 0. The Morgan fingerprint density at radius 1 is 1.05 bits per heavy atom. The van der Waals surface area contributed by atoms with E-state index in [0.29, 0.717) is 18.0 Å². The number of halogens is 1. The van der Waals surface area contributed by atoms with Gasteiger partial charge in [-0.2, -0.15) is 4.31 Å². The Balaban J connectivity index is 1.93. The summed E-state index contributed by atoms with van der Waals surface area (Å²) in [5.74, 6) is 0. The van der Waals surface area contributed by atoms with Gasteiger partial charge in [0, 0.05) is 30.7 Å². The molecule has 0 amide bonds. The molecule has 1 saturated heterocycles. The number of rotatable bonds is 6. The van der Waals surface area contributed by atoms with Crippen molar-refractivity contribution in [2.75, 3.05) is 32.7 Å². The first-order chi connectivity index (χ1) is 10.0. The van der Waals surface area contributed by atoms with Crippen LogP contribution in [-0.4, -0.2) is 50.3 Å². The molecule has 0 saturated carbocycles. The molecule has 1 fully saturated rings. The third-order valence-corrected chi connectivity index (χ3v) is 6.30. The zero-order chi connectivity index (χ0) is 15.3. The molecule has 21 heavy (non-hydrogen) atoms. The third kappa shape index (κ3) is 4.52. The van der Waals surface area contributed by atoms with E-state index in [4.69, 9.17) is 0 Å². The van der Waals surface area contributed by atoms with E-state index in [9.17, 15) is 8.42 Å². The van der Waals surface area contributed by atoms with Gasteiger partial charge in [-0.25, -0.2) is 8.42 Å². The van der Waals surface area contributed by atoms with E-state index in [1.807, 2.05) is 0 Å². The number of nitrogens with zero attached hydrogens (tertiary/aromatic N) is 2. The monoisotopic (exact) mass is 374 g/mol. The maximum absolute atomic E-state index is 12.6. The quantitative estimate of drug-likeness (QED) is 0.718. The zero-order valence-electron chi connectivity index (χ0n) is 12.5. The molecule has 0 aromatic heterocycles. The number of hydrogen-bond acceptors (Lipinski definition) is 3. The van der Waals surface area contributed by atoms with Crippen molar-refractivity contribution in [3.05, 3.63) is 28.7 Å². The van der Waals surface area contributed by atoms with Crippen LogP contribution in [0.25, 0.3) is 0 Å². The molecule has 1 aromatic rings. The van der Waals surface area contributed by atoms with E-state index in [2.05, 4.69) is 27.8 Å². The van der Waals surface area contributed by atoms with Crippen molar-refractivity contribution < 1.29 is 8.42 Å². The Kier molecular flexibility index (Phi) is 6.22. The van der Waals surface area contributed by atoms with Gasteiger partial charge in [0.25, 0.3) is 0 Å². The standard InChI is InChI=1S/C15H23BrN2O2S/c1-2-3-4-9-17-10-12-18(13-11-17)21(19,20)15-7-5-14(16)6-8-15/h5-8H,2-4,9-13H2,1H3. The van der Waals surface area contributed by atoms with Gasteiger partial charge in [-0.15, -0.1) is 0 Å². The summed E-state index contributed by atoms with van der Waals surface area (Å²) in [6.45, 7) is 6.12. The largest absolute Gasteiger partial charge is 0.301 e. The molecule has 0 N–H and O–H groups in total. The van der Waals surface area contributed by atoms with Gasteiger partial charge in [-0.1, -0.05) is 35.7 Å². The number of unbranched alkanes of at least 4 members (excludes halogenated alkanes) is 2. The Morgan fingerprint density at radius 2 is 1.67 bits per heavy atom. The predicted octanol–water partition coefficient (Wildman–Crippen LogP) is 2.95. The van der Waals surface area contributed by atoms with Crippen molar-refractivity contribution in [2.45, 2.75) is 31.1 Å². The number of sulfonamides is 1. The average molecular weight is 375 g/mol. The van der Waals surface area contributed by atoms with Crippen LogP contribution in [-0.2, 0) is 10.0 Å². The SMILES string of the molecule is CCCCCN1CCN(S(=O)(=O)c2ccc(Br)cc2)CC1. The van der Waals surface area contributed by atoms with E-state index < -0.39 is 10.0 Å². The topological polar surface area (TPSA) is 40.6 Å². The first kappa shape index (κ1) is 16.9. The van der Waals surface area contributed by atoms with Crippen LogP contribution in [0.1, 0.15) is 26.2 Å². The molecular formula is C15H23BrN2O2S. The van der Waals surface area contributed by atoms with E-state index in [1.54, 1.807) is 28.6 Å². The van der Waals surface area contributed by atoms with Gasteiger partial charge in [-0.3, -0.25) is 0 Å². The highest BCUT2D eigenvalue weighted by atomic mass is 79.9. The predicted molar refractivity (Wildman–Crippen MR) is 88.9 cm³/mol. The summed E-state index contributed by atoms with van der Waals surface area (Å²) in [6.07, 6.45) is 3.67. The normalized spacial score (nSPS) is 18.0. The summed E-state index contributed by atoms with van der Waals surface area (Å²) in [7, 11) is -3.34. The molecule has 6 heteroatoms. The van der Waals surface area contributed by atoms with Gasteiger partial charge in [0.15, 0.2) is 0 Å². The lowest BCUT2D eigenvalue weighted by Crippen LogP contribution is -2.48. The number of piperazine rings is 1. The van der Waals surface area contributed by atoms with Gasteiger partial charge < -0.3 is 4.90 Å². The van der Waals surface area contributed by atoms with Crippen LogP contribution >= 0.6 is 15.9 Å². The van der Waals surface area contributed by atoms with Crippen LogP contribution in [0.5, 0.6) is 0 Å². The second-order valence-electron chi connectivity index (χ2n) is 5.41. The first-order valence-corrected chi connectivity index (χ1v) is 9.75. The Bertz CT molecular complexity index is 537. The second kappa shape index (κ2) is 7.72. The molecule has 0 radical (unpaired) electrons. The van der Waals surface area contributed by atoms with Crippen LogP contribution in [0.2, 0.25) is 0 Å². The van der Waals surface area contributed by atoms with Crippen molar-refractivity contribution in [1.82, 2.24) is 9.21 Å². The van der Waals surface area contributed by atoms with Gasteiger partial charge in [0.1, 0.15) is 0 Å². The fourth-order valence-electron chi connectivity index (χ4n) is 2.53. The minimum absolute atomic E-state index is 0.380. The second-order valence-corrected chi connectivity index (χ2v) is 8.26. The number of benzene rings is 1. The Labute approximate surface area is 136 Å². The molecule has 1 aliphatic heterocycles. The van der Waals surface area contributed by atoms with E-state index in [1.165, 1.54) is 19.3 Å². The summed E-state index contributed by atoms with van der Waals surface area (Å²) >= 11 is 3.33. The van der Waals surface area contributed by atoms with E-state index in [-0.39, 0.29) is 0 Å². The Morgan fingerprint density at radius 3 is 2.24 bits per heavy atom. The molecular weight excluding hydrogens is 352 g/mol. The van der Waals surface area contributed by atoms with Crippen LogP contribution in [0.15, 0.2) is 33.6 Å². The molecule has 1 aliphatic rings. The average Bonchev–Trinajstić information content (AvgIpc) is 2.48. The molecule has 0 bridgehead atoms. The summed E-state index contributed by atoms with van der Waals surface area (Å²) in [5, 5.41) is 0. The highest BCUT2D eigenvalue weighted by molar-refractivity contribution is 9.10. The third-order valence-electron chi connectivity index (χ3n) is 3.86. The summed E-state index contributed by atoms with van der Waals surface area (Å²) in [5.41, 5.74) is 0. The van der Waals surface area contributed by atoms with Crippen molar-refractivity contribution >= 4 is 26.0 Å². The molecule has 0 atom stereocenters. The molecule has 1 aromatic carbocycles. The molecule has 118 valence electrons. The maximum atomic E-state index is 12.6. The van der Waals surface area contributed by atoms with Gasteiger partial charge in [0.2, 0.25) is 10.0 Å². The minimum atomic E-state index is -3.34. The lowest BCUT2D eigenvalue weighted by atomic mass is 10.2. The fourth-order valence-corrected chi connectivity index (χ4v) is 4.22. The fraction of sp³-hybridized carbons (Fsp3) is 0.600. The first-order valence-electron chi connectivity index (χ1n) is 7.52. The van der Waals surface area contributed by atoms with Crippen LogP contribution in [0.3, 0.4) is 0 Å². The van der Waals surface area contributed by atoms with Gasteiger partial charge in [0.05, 0.1) is 4.90 Å². The highest BCUT2D eigenvalue weighted by Gasteiger charge is 2.28. The Hall–Kier alpha value is -0.430. The zero-order valence-corrected chi connectivity index (χ0v) is 14.9. The lowest BCUT2D eigenvalue weighted by Gasteiger charge is -2.34. The van der Waals surface area contributed by atoms with Crippen LogP contribution < -0.4 is 0 Å². The van der Waals surface area contributed by atoms with Crippen molar-refractivity contribution in [2.24, 2.45) is 0 Å². The smallest absolute Gasteiger partial charge is 0.243 e. The van der Waals surface area contributed by atoms with Gasteiger partial charge in [-0.05, 0) is 37.2 Å². The van der Waals surface area contributed by atoms with E-state index in [0.717, 1.165) is 24.1 Å². The van der Waals surface area contributed by atoms with Crippen LogP contribution in [0, 0.1) is 0 Å². The summed E-state index contributed by atoms with van der Waals surface area (Å²) < 4.78 is 27.6. The van der Waals surface area contributed by atoms with Gasteiger partial charge >= 0.3 is 0 Å². The minimum Gasteiger partial charge on any atom is -0.301 e. The summed E-state index contributed by atoms with van der Waals surface area (Å²) in [6, 6.07) is 6.86. The van der Waals surface area contributed by atoms with Crippen LogP contribution in [0.4, 0.5) is 0 Å². The summed E-state index contributed by atoms with van der Waals surface area (Å²) in [4.78, 5) is 2.74. The lowest BCUT2D eigenvalue weighted by molar-refractivity contribution is 0.185. The molecule has 1 heterocycles. The molecule has 0 unspecified atom stereocenters. The molecule has 4 nitrogen and oxygen atoms in total. The maximum Gasteiger partial charge on any atom is 0.243 e. The molecule has 2 rings (SSSR count).